The van der Waals surface area contributed by atoms with Gasteiger partial charge in [0.05, 0.1) is 6.61 Å². The summed E-state index contributed by atoms with van der Waals surface area (Å²) in [5.74, 6) is -2.54. The molecule has 0 saturated heterocycles. The highest BCUT2D eigenvalue weighted by molar-refractivity contribution is 6.34. The minimum absolute atomic E-state index is 0.111. The lowest BCUT2D eigenvalue weighted by Gasteiger charge is -2.04. The van der Waals surface area contributed by atoms with Gasteiger partial charge in [-0.15, -0.1) is 0 Å². The minimum atomic E-state index is -0.993. The Labute approximate surface area is 88.0 Å². The second kappa shape index (κ2) is 6.75. The summed E-state index contributed by atoms with van der Waals surface area (Å²) in [5, 5.41) is 0. The van der Waals surface area contributed by atoms with Crippen molar-refractivity contribution in [3.63, 3.8) is 0 Å². The predicted octanol–water partition coefficient (Wildman–Crippen LogP) is 0.628. The summed E-state index contributed by atoms with van der Waals surface area (Å²) < 4.78 is 8.96. The Balaban J connectivity index is 3.96. The van der Waals surface area contributed by atoms with E-state index < -0.39 is 24.3 Å². The maximum atomic E-state index is 11.0. The molecule has 0 aromatic heterocycles. The van der Waals surface area contributed by atoms with Gasteiger partial charge >= 0.3 is 11.9 Å². The van der Waals surface area contributed by atoms with Crippen molar-refractivity contribution in [1.29, 1.82) is 0 Å². The van der Waals surface area contributed by atoms with Crippen molar-refractivity contribution in [2.24, 2.45) is 0 Å². The molecule has 0 spiro atoms. The second-order valence-electron chi connectivity index (χ2n) is 2.68. The average Bonchev–Trinajstić information content (AvgIpc) is 2.24. The Kier molecular flexibility index (Phi) is 6.01. The summed E-state index contributed by atoms with van der Waals surface area (Å²) >= 11 is 0. The number of rotatable bonds is 6. The number of carbonyl (C=O) groups is 3. The molecule has 0 aliphatic carbocycles. The molecule has 84 valence electrons. The molecular weight excluding hydrogens is 200 g/mol. The van der Waals surface area contributed by atoms with Crippen LogP contribution in [0.5, 0.6) is 0 Å². The van der Waals surface area contributed by atoms with Crippen molar-refractivity contribution in [2.45, 2.75) is 20.3 Å². The third-order valence-electron chi connectivity index (χ3n) is 1.55. The number of esters is 2. The van der Waals surface area contributed by atoms with Crippen LogP contribution in [0, 0.1) is 0 Å². The molecule has 5 nitrogen and oxygen atoms in total. The highest BCUT2D eigenvalue weighted by Gasteiger charge is 2.17. The molecule has 5 heteroatoms. The first-order chi connectivity index (χ1) is 7.02. The number of ketones is 1. The van der Waals surface area contributed by atoms with Gasteiger partial charge < -0.3 is 9.47 Å². The van der Waals surface area contributed by atoms with E-state index >= 15 is 0 Å². The highest BCUT2D eigenvalue weighted by Crippen LogP contribution is 1.99. The van der Waals surface area contributed by atoms with E-state index in [1.165, 1.54) is 0 Å². The minimum Gasteiger partial charge on any atom is -0.460 e. The molecule has 0 N–H and O–H groups in total. The van der Waals surface area contributed by atoms with Crippen LogP contribution in [0.15, 0.2) is 12.2 Å². The predicted molar refractivity (Wildman–Crippen MR) is 52.0 cm³/mol. The monoisotopic (exact) mass is 214 g/mol. The lowest BCUT2D eigenvalue weighted by Crippen LogP contribution is -2.24. The molecule has 0 fully saturated rings. The van der Waals surface area contributed by atoms with Gasteiger partial charge in [-0.05, 0) is 13.3 Å². The third-order valence-corrected chi connectivity index (χ3v) is 1.55. The first kappa shape index (κ1) is 13.4. The zero-order chi connectivity index (χ0) is 11.8. The Morgan fingerprint density at radius 3 is 2.13 bits per heavy atom. The average molecular weight is 214 g/mol. The van der Waals surface area contributed by atoms with Gasteiger partial charge in [-0.25, -0.2) is 9.59 Å². The molecule has 15 heavy (non-hydrogen) atoms. The van der Waals surface area contributed by atoms with Crippen LogP contribution in [0.25, 0.3) is 0 Å². The van der Waals surface area contributed by atoms with Crippen LogP contribution in [0.1, 0.15) is 20.3 Å². The van der Waals surface area contributed by atoms with Crippen LogP contribution in [-0.4, -0.2) is 30.9 Å². The summed E-state index contributed by atoms with van der Waals surface area (Å²) in [6, 6.07) is 0. The van der Waals surface area contributed by atoms with Crippen LogP contribution in [-0.2, 0) is 23.9 Å². The van der Waals surface area contributed by atoms with E-state index in [1.54, 1.807) is 13.8 Å². The highest BCUT2D eigenvalue weighted by atomic mass is 16.6. The van der Waals surface area contributed by atoms with E-state index in [0.717, 1.165) is 0 Å². The lowest BCUT2D eigenvalue weighted by molar-refractivity contribution is -0.157. The smallest absolute Gasteiger partial charge is 0.378 e. The van der Waals surface area contributed by atoms with E-state index in [2.05, 4.69) is 16.1 Å². The van der Waals surface area contributed by atoms with Crippen molar-refractivity contribution in [3.8, 4) is 0 Å². The van der Waals surface area contributed by atoms with Gasteiger partial charge in [0.15, 0.2) is 6.61 Å². The molecule has 0 saturated carbocycles. The molecule has 0 aliphatic rings. The first-order valence-corrected chi connectivity index (χ1v) is 4.57. The van der Waals surface area contributed by atoms with Gasteiger partial charge in [-0.3, -0.25) is 4.79 Å². The van der Waals surface area contributed by atoms with Crippen LogP contribution < -0.4 is 0 Å². The first-order valence-electron chi connectivity index (χ1n) is 4.57. The molecule has 0 rings (SSSR count). The van der Waals surface area contributed by atoms with Crippen molar-refractivity contribution in [2.75, 3.05) is 13.2 Å². The van der Waals surface area contributed by atoms with E-state index in [-0.39, 0.29) is 12.2 Å². The van der Waals surface area contributed by atoms with Gasteiger partial charge in [-0.2, -0.15) is 0 Å². The van der Waals surface area contributed by atoms with E-state index in [4.69, 9.17) is 0 Å². The Hall–Kier alpha value is -1.65. The van der Waals surface area contributed by atoms with Gasteiger partial charge in [0.25, 0.3) is 5.78 Å². The van der Waals surface area contributed by atoms with Gasteiger partial charge in [0, 0.05) is 5.57 Å². The summed E-state index contributed by atoms with van der Waals surface area (Å²) in [4.78, 5) is 32.8. The van der Waals surface area contributed by atoms with Gasteiger partial charge in [-0.1, -0.05) is 13.5 Å². The molecule has 0 heterocycles. The Bertz CT molecular complexity index is 280. The van der Waals surface area contributed by atoms with Gasteiger partial charge in [0.2, 0.25) is 0 Å². The van der Waals surface area contributed by atoms with E-state index in [9.17, 15) is 14.4 Å². The van der Waals surface area contributed by atoms with E-state index in [0.29, 0.717) is 6.42 Å². The zero-order valence-electron chi connectivity index (χ0n) is 8.87. The maximum Gasteiger partial charge on any atom is 0.378 e. The fourth-order valence-electron chi connectivity index (χ4n) is 0.648. The SMILES string of the molecule is C=C(CC)C(=O)OCC(=O)C(=O)OCC. The second-order valence-corrected chi connectivity index (χ2v) is 2.68. The molecule has 0 aliphatic heterocycles. The molecular formula is C10H14O5. The summed E-state index contributed by atoms with van der Waals surface area (Å²) in [7, 11) is 0. The largest absolute Gasteiger partial charge is 0.460 e. The molecule has 0 atom stereocenters. The molecule has 0 bridgehead atoms. The van der Waals surface area contributed by atoms with Crippen molar-refractivity contribution >= 4 is 17.7 Å². The summed E-state index contributed by atoms with van der Waals surface area (Å²) in [6.45, 7) is 6.25. The molecule has 0 radical (unpaired) electrons. The molecule has 0 aromatic rings. The molecule has 0 unspecified atom stereocenters. The topological polar surface area (TPSA) is 69.7 Å². The zero-order valence-corrected chi connectivity index (χ0v) is 8.87. The van der Waals surface area contributed by atoms with Crippen LogP contribution in [0.4, 0.5) is 0 Å². The normalized spacial score (nSPS) is 9.20. The van der Waals surface area contributed by atoms with E-state index in [1.807, 2.05) is 0 Å². The van der Waals surface area contributed by atoms with Crippen molar-refractivity contribution in [1.82, 2.24) is 0 Å². The number of ether oxygens (including phenoxy) is 2. The van der Waals surface area contributed by atoms with Crippen LogP contribution in [0.3, 0.4) is 0 Å². The fraction of sp³-hybridized carbons (Fsp3) is 0.500. The van der Waals surface area contributed by atoms with Crippen molar-refractivity contribution < 1.29 is 23.9 Å². The standard InChI is InChI=1S/C10H14O5/c1-4-7(3)9(12)15-6-8(11)10(13)14-5-2/h3-6H2,1-2H3. The van der Waals surface area contributed by atoms with Crippen LogP contribution >= 0.6 is 0 Å². The lowest BCUT2D eigenvalue weighted by atomic mass is 10.2. The number of Topliss-reactive ketones (excluding diaryl/α,β-unsaturated/α-hetero) is 1. The number of hydrogen-bond donors (Lipinski definition) is 0. The Morgan fingerprint density at radius 2 is 1.67 bits per heavy atom. The maximum absolute atomic E-state index is 11.0. The fourth-order valence-corrected chi connectivity index (χ4v) is 0.648. The van der Waals surface area contributed by atoms with Crippen LogP contribution in [0.2, 0.25) is 0 Å². The van der Waals surface area contributed by atoms with Crippen molar-refractivity contribution in [3.05, 3.63) is 12.2 Å². The molecule has 0 amide bonds. The summed E-state index contributed by atoms with van der Waals surface area (Å²) in [6.07, 6.45) is 0.437. The number of carbonyl (C=O) groups excluding carboxylic acids is 3. The quantitative estimate of drug-likeness (QED) is 0.368. The third kappa shape index (κ3) is 4.95. The van der Waals surface area contributed by atoms with Gasteiger partial charge in [0.1, 0.15) is 0 Å². The number of hydrogen-bond acceptors (Lipinski definition) is 5. The summed E-state index contributed by atoms with van der Waals surface area (Å²) in [5.41, 5.74) is 0.256. The molecule has 0 aromatic carbocycles. The Morgan fingerprint density at radius 1 is 1.07 bits per heavy atom.